The Bertz CT molecular complexity index is 1350. The Hall–Kier alpha value is -4.45. The number of nitrogens with two attached hydrogens (primary N) is 1. The SMILES string of the molecule is Nc1ncnc2c1nnn2C1OC(COC(=O)c2ccccc2)C(OC(=O)c2ccccc2)C1F. The summed E-state index contributed by atoms with van der Waals surface area (Å²) in [5.41, 5.74) is 6.64. The molecule has 0 spiro atoms. The van der Waals surface area contributed by atoms with Crippen molar-refractivity contribution >= 4 is 28.9 Å². The molecule has 1 aliphatic heterocycles. The van der Waals surface area contributed by atoms with Crippen molar-refractivity contribution in [1.82, 2.24) is 25.0 Å². The van der Waals surface area contributed by atoms with E-state index in [1.807, 2.05) is 0 Å². The van der Waals surface area contributed by atoms with E-state index in [1.165, 1.54) is 18.5 Å². The number of nitrogens with zero attached hydrogens (tertiary/aromatic N) is 5. The van der Waals surface area contributed by atoms with Crippen molar-refractivity contribution in [2.45, 2.75) is 24.6 Å². The molecule has 4 aromatic rings. The number of hydrogen-bond donors (Lipinski definition) is 1. The molecule has 12 heteroatoms. The minimum absolute atomic E-state index is 0.0649. The summed E-state index contributed by atoms with van der Waals surface area (Å²) in [5, 5.41) is 7.80. The second-order valence-electron chi connectivity index (χ2n) is 7.68. The lowest BCUT2D eigenvalue weighted by Gasteiger charge is -2.19. The van der Waals surface area contributed by atoms with Gasteiger partial charge in [-0.05, 0) is 24.3 Å². The number of nitrogen functional groups attached to an aromatic ring is 1. The van der Waals surface area contributed by atoms with Crippen LogP contribution in [0.1, 0.15) is 26.9 Å². The first-order valence-electron chi connectivity index (χ1n) is 10.6. The van der Waals surface area contributed by atoms with E-state index in [0.29, 0.717) is 5.56 Å². The Morgan fingerprint density at radius 2 is 1.66 bits per heavy atom. The standard InChI is InChI=1S/C23H19FN6O5/c24-16-18(35-23(32)14-9-5-2-6-10-14)15(11-33-22(31)13-7-3-1-4-8-13)34-21(16)30-20-17(28-29-30)19(25)26-12-27-20/h1-10,12,15-16,18,21H,11H2,(H2,25,26,27). The summed E-state index contributed by atoms with van der Waals surface area (Å²) in [6.07, 6.45) is -4.61. The highest BCUT2D eigenvalue weighted by Gasteiger charge is 2.50. The first-order valence-corrected chi connectivity index (χ1v) is 10.6. The van der Waals surface area contributed by atoms with Gasteiger partial charge in [0.2, 0.25) is 0 Å². The topological polar surface area (TPSA) is 144 Å². The van der Waals surface area contributed by atoms with Gasteiger partial charge in [0, 0.05) is 0 Å². The normalized spacial score (nSPS) is 21.6. The summed E-state index contributed by atoms with van der Waals surface area (Å²) < 4.78 is 33.5. The summed E-state index contributed by atoms with van der Waals surface area (Å²) in [6.45, 7) is -0.374. The maximum Gasteiger partial charge on any atom is 0.338 e. The number of anilines is 1. The minimum atomic E-state index is -1.89. The third-order valence-corrected chi connectivity index (χ3v) is 5.44. The molecule has 11 nitrogen and oxygen atoms in total. The van der Waals surface area contributed by atoms with Crippen molar-refractivity contribution in [3.63, 3.8) is 0 Å². The van der Waals surface area contributed by atoms with Gasteiger partial charge in [-0.15, -0.1) is 5.10 Å². The molecule has 1 saturated heterocycles. The Morgan fingerprint density at radius 1 is 1.00 bits per heavy atom. The number of carbonyl (C=O) groups excluding carboxylic acids is 2. The molecule has 178 valence electrons. The number of halogens is 1. The van der Waals surface area contributed by atoms with E-state index in [-0.39, 0.29) is 29.2 Å². The second-order valence-corrected chi connectivity index (χ2v) is 7.68. The summed E-state index contributed by atoms with van der Waals surface area (Å²) in [4.78, 5) is 33.0. The molecule has 1 aliphatic rings. The van der Waals surface area contributed by atoms with Crippen LogP contribution in [0.5, 0.6) is 0 Å². The number of hydrogen-bond acceptors (Lipinski definition) is 10. The number of fused-ring (bicyclic) bond motifs is 1. The van der Waals surface area contributed by atoms with Gasteiger partial charge in [-0.25, -0.2) is 23.9 Å². The zero-order valence-corrected chi connectivity index (χ0v) is 18.1. The van der Waals surface area contributed by atoms with Crippen LogP contribution in [0.25, 0.3) is 11.2 Å². The molecule has 4 unspecified atom stereocenters. The van der Waals surface area contributed by atoms with Crippen LogP contribution in [-0.2, 0) is 14.2 Å². The number of ether oxygens (including phenoxy) is 3. The first-order chi connectivity index (χ1) is 17.0. The Balaban J connectivity index is 1.40. The number of alkyl halides is 1. The van der Waals surface area contributed by atoms with Crippen molar-refractivity contribution in [3.05, 3.63) is 78.1 Å². The summed E-state index contributed by atoms with van der Waals surface area (Å²) in [6, 6.07) is 16.4. The first kappa shape index (κ1) is 22.3. The second kappa shape index (κ2) is 9.43. The van der Waals surface area contributed by atoms with E-state index >= 15 is 4.39 Å². The molecular formula is C23H19FN6O5. The van der Waals surface area contributed by atoms with Crippen LogP contribution >= 0.6 is 0 Å². The van der Waals surface area contributed by atoms with Crippen LogP contribution in [0.4, 0.5) is 10.2 Å². The van der Waals surface area contributed by atoms with E-state index in [4.69, 9.17) is 19.9 Å². The third kappa shape index (κ3) is 4.38. The zero-order valence-electron chi connectivity index (χ0n) is 18.1. The molecule has 4 atom stereocenters. The van der Waals surface area contributed by atoms with Gasteiger partial charge >= 0.3 is 11.9 Å². The third-order valence-electron chi connectivity index (χ3n) is 5.44. The maximum absolute atomic E-state index is 15.7. The fourth-order valence-corrected chi connectivity index (χ4v) is 3.70. The van der Waals surface area contributed by atoms with Crippen LogP contribution in [0.2, 0.25) is 0 Å². The summed E-state index contributed by atoms with van der Waals surface area (Å²) >= 11 is 0. The van der Waals surface area contributed by atoms with Crippen molar-refractivity contribution in [2.75, 3.05) is 12.3 Å². The predicted molar refractivity (Wildman–Crippen MR) is 119 cm³/mol. The van der Waals surface area contributed by atoms with E-state index in [1.54, 1.807) is 48.5 Å². The van der Waals surface area contributed by atoms with Crippen LogP contribution < -0.4 is 5.73 Å². The van der Waals surface area contributed by atoms with Crippen molar-refractivity contribution in [3.8, 4) is 0 Å². The monoisotopic (exact) mass is 478 g/mol. The van der Waals surface area contributed by atoms with E-state index in [9.17, 15) is 9.59 Å². The van der Waals surface area contributed by atoms with E-state index < -0.39 is 36.5 Å². The predicted octanol–water partition coefficient (Wildman–Crippen LogP) is 2.12. The highest BCUT2D eigenvalue weighted by atomic mass is 19.1. The Labute approximate surface area is 197 Å². The molecule has 35 heavy (non-hydrogen) atoms. The quantitative estimate of drug-likeness (QED) is 0.409. The van der Waals surface area contributed by atoms with E-state index in [0.717, 1.165) is 4.68 Å². The van der Waals surface area contributed by atoms with Crippen LogP contribution in [0, 0.1) is 0 Å². The largest absolute Gasteiger partial charge is 0.459 e. The van der Waals surface area contributed by atoms with Gasteiger partial charge in [-0.3, -0.25) is 0 Å². The average molecular weight is 478 g/mol. The van der Waals surface area contributed by atoms with Crippen LogP contribution in [0.15, 0.2) is 67.0 Å². The number of carbonyl (C=O) groups is 2. The molecule has 3 heterocycles. The van der Waals surface area contributed by atoms with Gasteiger partial charge in [-0.2, -0.15) is 4.68 Å². The molecule has 2 aromatic carbocycles. The molecule has 0 radical (unpaired) electrons. The molecule has 0 aliphatic carbocycles. The highest BCUT2D eigenvalue weighted by molar-refractivity contribution is 5.90. The fourth-order valence-electron chi connectivity index (χ4n) is 3.70. The lowest BCUT2D eigenvalue weighted by atomic mass is 10.1. The average Bonchev–Trinajstić information content (AvgIpc) is 3.45. The molecular weight excluding hydrogens is 459 g/mol. The van der Waals surface area contributed by atoms with Crippen molar-refractivity contribution < 1.29 is 28.2 Å². The molecule has 1 fully saturated rings. The minimum Gasteiger partial charge on any atom is -0.459 e. The molecule has 0 saturated carbocycles. The highest BCUT2D eigenvalue weighted by Crippen LogP contribution is 2.35. The number of esters is 2. The molecule has 2 N–H and O–H groups in total. The van der Waals surface area contributed by atoms with Crippen LogP contribution in [0.3, 0.4) is 0 Å². The zero-order chi connectivity index (χ0) is 24.4. The van der Waals surface area contributed by atoms with Gasteiger partial charge in [0.15, 0.2) is 35.5 Å². The van der Waals surface area contributed by atoms with Crippen molar-refractivity contribution in [2.24, 2.45) is 0 Å². The molecule has 0 bridgehead atoms. The molecule has 5 rings (SSSR count). The number of aromatic nitrogens is 5. The van der Waals surface area contributed by atoms with Gasteiger partial charge in [0.1, 0.15) is 19.0 Å². The fraction of sp³-hybridized carbons (Fsp3) is 0.217. The van der Waals surface area contributed by atoms with Gasteiger partial charge < -0.3 is 19.9 Å². The van der Waals surface area contributed by atoms with Gasteiger partial charge in [0.25, 0.3) is 0 Å². The lowest BCUT2D eigenvalue weighted by molar-refractivity contribution is -0.0606. The molecule has 0 amide bonds. The van der Waals surface area contributed by atoms with E-state index in [2.05, 4.69) is 20.3 Å². The number of rotatable bonds is 6. The Morgan fingerprint density at radius 3 is 2.34 bits per heavy atom. The van der Waals surface area contributed by atoms with Crippen LogP contribution in [-0.4, -0.2) is 61.9 Å². The van der Waals surface area contributed by atoms with Gasteiger partial charge in [-0.1, -0.05) is 41.6 Å². The van der Waals surface area contributed by atoms with Gasteiger partial charge in [0.05, 0.1) is 11.1 Å². The van der Waals surface area contributed by atoms with Crippen molar-refractivity contribution in [1.29, 1.82) is 0 Å². The maximum atomic E-state index is 15.7. The summed E-state index contributed by atoms with van der Waals surface area (Å²) in [7, 11) is 0. The summed E-state index contributed by atoms with van der Waals surface area (Å²) in [5.74, 6) is -1.32. The molecule has 2 aromatic heterocycles. The Kier molecular flexibility index (Phi) is 6.02. The smallest absolute Gasteiger partial charge is 0.338 e. The number of benzene rings is 2. The lowest BCUT2D eigenvalue weighted by Crippen LogP contribution is -2.37.